The van der Waals surface area contributed by atoms with Crippen LogP contribution in [-0.2, 0) is 10.2 Å². The van der Waals surface area contributed by atoms with Crippen LogP contribution in [0.15, 0.2) is 12.1 Å². The van der Waals surface area contributed by atoms with Crippen molar-refractivity contribution in [2.24, 2.45) is 11.3 Å². The Morgan fingerprint density at radius 2 is 1.92 bits per heavy atom. The van der Waals surface area contributed by atoms with Crippen LogP contribution < -0.4 is 9.47 Å². The lowest BCUT2D eigenvalue weighted by atomic mass is 9.53. The summed E-state index contributed by atoms with van der Waals surface area (Å²) in [6.07, 6.45) is 3.94. The molecule has 0 bridgehead atoms. The monoisotopic (exact) mass is 330 g/mol. The fourth-order valence-corrected chi connectivity index (χ4v) is 5.01. The van der Waals surface area contributed by atoms with E-state index < -0.39 is 0 Å². The first kappa shape index (κ1) is 17.3. The smallest absolute Gasteiger partial charge is 0.311 e. The molecule has 0 spiro atoms. The Kier molecular flexibility index (Phi) is 4.17. The summed E-state index contributed by atoms with van der Waals surface area (Å²) in [6.45, 7) is 11.2. The highest BCUT2D eigenvalue weighted by molar-refractivity contribution is 5.75. The van der Waals surface area contributed by atoms with Crippen molar-refractivity contribution in [1.82, 2.24) is 0 Å². The number of esters is 1. The van der Waals surface area contributed by atoms with Crippen molar-refractivity contribution in [3.63, 3.8) is 0 Å². The molecule has 2 aliphatic rings. The van der Waals surface area contributed by atoms with Gasteiger partial charge in [-0.2, -0.15) is 0 Å². The molecular formula is C21H30O3. The number of hydrogen-bond donors (Lipinski definition) is 0. The number of carbonyl (C=O) groups is 1. The summed E-state index contributed by atoms with van der Waals surface area (Å²) in [7, 11) is 1.72. The normalized spacial score (nSPS) is 28.6. The highest BCUT2D eigenvalue weighted by Gasteiger charge is 2.51. The van der Waals surface area contributed by atoms with E-state index in [9.17, 15) is 4.79 Å². The zero-order valence-corrected chi connectivity index (χ0v) is 15.9. The third kappa shape index (κ3) is 2.62. The Labute approximate surface area is 145 Å². The van der Waals surface area contributed by atoms with E-state index in [1.54, 1.807) is 7.11 Å². The van der Waals surface area contributed by atoms with Crippen LogP contribution in [0, 0.1) is 11.3 Å². The molecule has 3 rings (SSSR count). The highest BCUT2D eigenvalue weighted by Crippen LogP contribution is 2.57. The molecule has 1 aromatic carbocycles. The van der Waals surface area contributed by atoms with Gasteiger partial charge in [0.25, 0.3) is 0 Å². The SMILES string of the molecule is COc1cc2c(cc1C(C)C)OC(=O)C[C@H]1C(C)(C)CCC[C@]21C. The second-order valence-electron chi connectivity index (χ2n) is 8.74. The predicted molar refractivity (Wildman–Crippen MR) is 95.8 cm³/mol. The zero-order chi connectivity index (χ0) is 17.7. The van der Waals surface area contributed by atoms with Crippen molar-refractivity contribution in [2.75, 3.05) is 7.11 Å². The van der Waals surface area contributed by atoms with Crippen molar-refractivity contribution >= 4 is 5.97 Å². The van der Waals surface area contributed by atoms with E-state index in [0.29, 0.717) is 18.3 Å². The Morgan fingerprint density at radius 1 is 1.21 bits per heavy atom. The van der Waals surface area contributed by atoms with E-state index in [-0.39, 0.29) is 16.8 Å². The van der Waals surface area contributed by atoms with E-state index in [0.717, 1.165) is 35.5 Å². The van der Waals surface area contributed by atoms with E-state index in [2.05, 4.69) is 40.7 Å². The Balaban J connectivity index is 2.22. The molecular weight excluding hydrogens is 300 g/mol. The summed E-state index contributed by atoms with van der Waals surface area (Å²) in [4.78, 5) is 12.5. The number of hydrogen-bond acceptors (Lipinski definition) is 3. The summed E-state index contributed by atoms with van der Waals surface area (Å²) >= 11 is 0. The highest BCUT2D eigenvalue weighted by atomic mass is 16.5. The molecule has 0 amide bonds. The van der Waals surface area contributed by atoms with Gasteiger partial charge in [0.2, 0.25) is 0 Å². The van der Waals surface area contributed by atoms with Crippen molar-refractivity contribution < 1.29 is 14.3 Å². The Morgan fingerprint density at radius 3 is 2.54 bits per heavy atom. The number of benzene rings is 1. The number of ether oxygens (including phenoxy) is 2. The van der Waals surface area contributed by atoms with Gasteiger partial charge in [0, 0.05) is 16.5 Å². The largest absolute Gasteiger partial charge is 0.496 e. The summed E-state index contributed by atoms with van der Waals surface area (Å²) in [6, 6.07) is 4.17. The molecule has 0 saturated heterocycles. The molecule has 1 fully saturated rings. The summed E-state index contributed by atoms with van der Waals surface area (Å²) < 4.78 is 11.5. The van der Waals surface area contributed by atoms with Gasteiger partial charge in [-0.3, -0.25) is 4.79 Å². The van der Waals surface area contributed by atoms with Gasteiger partial charge in [0.1, 0.15) is 11.5 Å². The maximum Gasteiger partial charge on any atom is 0.311 e. The number of carbonyl (C=O) groups excluding carboxylic acids is 1. The van der Waals surface area contributed by atoms with Gasteiger partial charge in [-0.15, -0.1) is 0 Å². The van der Waals surface area contributed by atoms with E-state index in [1.807, 2.05) is 6.07 Å². The molecule has 1 heterocycles. The van der Waals surface area contributed by atoms with Crippen LogP contribution in [0.25, 0.3) is 0 Å². The van der Waals surface area contributed by atoms with Gasteiger partial charge in [0.15, 0.2) is 0 Å². The standard InChI is InChI=1S/C21H30O3/c1-13(2)14-10-17-15(11-16(14)23-6)21(5)9-7-8-20(3,4)18(21)12-19(22)24-17/h10-11,13,18H,7-9,12H2,1-6H3/t18-,21+/m0/s1. The van der Waals surface area contributed by atoms with E-state index in [1.165, 1.54) is 6.42 Å². The van der Waals surface area contributed by atoms with Crippen molar-refractivity contribution in [2.45, 2.75) is 71.6 Å². The van der Waals surface area contributed by atoms with Crippen LogP contribution in [-0.4, -0.2) is 13.1 Å². The number of rotatable bonds is 2. The van der Waals surface area contributed by atoms with Crippen LogP contribution >= 0.6 is 0 Å². The minimum atomic E-state index is -0.0974. The van der Waals surface area contributed by atoms with Gasteiger partial charge in [-0.1, -0.05) is 41.0 Å². The van der Waals surface area contributed by atoms with Crippen LogP contribution in [0.5, 0.6) is 11.5 Å². The molecule has 1 saturated carbocycles. The van der Waals surface area contributed by atoms with Crippen LogP contribution in [0.4, 0.5) is 0 Å². The first-order valence-corrected chi connectivity index (χ1v) is 9.12. The fraction of sp³-hybridized carbons (Fsp3) is 0.667. The minimum Gasteiger partial charge on any atom is -0.496 e. The molecule has 2 atom stereocenters. The number of methoxy groups -OCH3 is 1. The second kappa shape index (κ2) is 5.79. The number of fused-ring (bicyclic) bond motifs is 3. The molecule has 24 heavy (non-hydrogen) atoms. The van der Waals surface area contributed by atoms with E-state index in [4.69, 9.17) is 9.47 Å². The Hall–Kier alpha value is -1.51. The van der Waals surface area contributed by atoms with Gasteiger partial charge >= 0.3 is 5.97 Å². The molecule has 0 aromatic heterocycles. The van der Waals surface area contributed by atoms with Gasteiger partial charge in [-0.05, 0) is 42.2 Å². The van der Waals surface area contributed by atoms with E-state index >= 15 is 0 Å². The first-order chi connectivity index (χ1) is 11.2. The third-order valence-electron chi connectivity index (χ3n) is 6.39. The average molecular weight is 330 g/mol. The molecule has 1 aromatic rings. The quantitative estimate of drug-likeness (QED) is 0.551. The Bertz CT molecular complexity index is 659. The molecule has 0 radical (unpaired) electrons. The summed E-state index contributed by atoms with van der Waals surface area (Å²) in [5.41, 5.74) is 2.33. The maximum absolute atomic E-state index is 12.5. The molecule has 1 aliphatic carbocycles. The van der Waals surface area contributed by atoms with Crippen LogP contribution in [0.2, 0.25) is 0 Å². The fourth-order valence-electron chi connectivity index (χ4n) is 5.01. The van der Waals surface area contributed by atoms with Crippen molar-refractivity contribution in [1.29, 1.82) is 0 Å². The van der Waals surface area contributed by atoms with Crippen LogP contribution in [0.3, 0.4) is 0 Å². The molecule has 1 aliphatic heterocycles. The van der Waals surface area contributed by atoms with Gasteiger partial charge in [-0.25, -0.2) is 0 Å². The van der Waals surface area contributed by atoms with Crippen molar-refractivity contribution in [3.8, 4) is 11.5 Å². The molecule has 3 nitrogen and oxygen atoms in total. The molecule has 3 heteroatoms. The predicted octanol–water partition coefficient (Wildman–Crippen LogP) is 5.21. The molecule has 132 valence electrons. The van der Waals surface area contributed by atoms with Gasteiger partial charge in [0.05, 0.1) is 13.5 Å². The molecule has 0 unspecified atom stereocenters. The van der Waals surface area contributed by atoms with Gasteiger partial charge < -0.3 is 9.47 Å². The third-order valence-corrected chi connectivity index (χ3v) is 6.39. The summed E-state index contributed by atoms with van der Waals surface area (Å²) in [5, 5.41) is 0. The summed E-state index contributed by atoms with van der Waals surface area (Å²) in [5.74, 6) is 2.16. The minimum absolute atomic E-state index is 0.0496. The lowest BCUT2D eigenvalue weighted by molar-refractivity contribution is -0.137. The zero-order valence-electron chi connectivity index (χ0n) is 15.9. The van der Waals surface area contributed by atoms with Crippen LogP contribution in [0.1, 0.15) is 77.3 Å². The molecule has 0 N–H and O–H groups in total. The maximum atomic E-state index is 12.5. The lowest BCUT2D eigenvalue weighted by Gasteiger charge is -2.50. The first-order valence-electron chi connectivity index (χ1n) is 9.12. The topological polar surface area (TPSA) is 35.5 Å². The average Bonchev–Trinajstić information content (AvgIpc) is 2.61. The lowest BCUT2D eigenvalue weighted by Crippen LogP contribution is -2.45. The van der Waals surface area contributed by atoms with Crippen molar-refractivity contribution in [3.05, 3.63) is 23.3 Å². The second-order valence-corrected chi connectivity index (χ2v) is 8.74.